The van der Waals surface area contributed by atoms with Crippen molar-refractivity contribution in [3.63, 3.8) is 0 Å². The van der Waals surface area contributed by atoms with Crippen molar-refractivity contribution in [1.29, 1.82) is 0 Å². The SMILES string of the molecule is O=C(CN1CCN(Cc2ccccc2Cl)CC1)NN=Cc1ccc(O)cc1. The monoisotopic (exact) mass is 386 g/mol. The van der Waals surface area contributed by atoms with Crippen LogP contribution in [0.4, 0.5) is 0 Å². The number of carbonyl (C=O) groups is 1. The van der Waals surface area contributed by atoms with E-state index in [-0.39, 0.29) is 11.7 Å². The van der Waals surface area contributed by atoms with Gasteiger partial charge in [-0.25, -0.2) is 5.43 Å². The van der Waals surface area contributed by atoms with E-state index in [0.29, 0.717) is 6.54 Å². The molecule has 1 fully saturated rings. The molecule has 0 radical (unpaired) electrons. The van der Waals surface area contributed by atoms with Crippen molar-refractivity contribution in [3.8, 4) is 5.75 Å². The zero-order valence-electron chi connectivity index (χ0n) is 15.0. The number of hydrogen-bond donors (Lipinski definition) is 2. The lowest BCUT2D eigenvalue weighted by atomic mass is 10.2. The van der Waals surface area contributed by atoms with Crippen molar-refractivity contribution >= 4 is 23.7 Å². The lowest BCUT2D eigenvalue weighted by Crippen LogP contribution is -2.48. The largest absolute Gasteiger partial charge is 0.508 e. The van der Waals surface area contributed by atoms with Crippen LogP contribution >= 0.6 is 11.6 Å². The number of carbonyl (C=O) groups excluding carboxylic acids is 1. The number of hydrazone groups is 1. The first-order valence-electron chi connectivity index (χ1n) is 8.89. The first-order valence-corrected chi connectivity index (χ1v) is 9.27. The standard InChI is InChI=1S/C20H23ClN4O2/c21-19-4-2-1-3-17(19)14-24-9-11-25(12-10-24)15-20(27)23-22-13-16-5-7-18(26)8-6-16/h1-8,13,26H,9-12,14-15H2,(H,23,27). The molecule has 0 bridgehead atoms. The Balaban J connectivity index is 1.39. The van der Waals surface area contributed by atoms with Gasteiger partial charge in [0.2, 0.25) is 0 Å². The minimum absolute atomic E-state index is 0.135. The summed E-state index contributed by atoms with van der Waals surface area (Å²) in [6.45, 7) is 4.62. The summed E-state index contributed by atoms with van der Waals surface area (Å²) < 4.78 is 0. The predicted octanol–water partition coefficient (Wildman–Crippen LogP) is 2.31. The molecule has 0 spiro atoms. The van der Waals surface area contributed by atoms with Gasteiger partial charge >= 0.3 is 0 Å². The maximum Gasteiger partial charge on any atom is 0.254 e. The highest BCUT2D eigenvalue weighted by atomic mass is 35.5. The third-order valence-electron chi connectivity index (χ3n) is 4.48. The van der Waals surface area contributed by atoms with Crippen molar-refractivity contribution in [2.45, 2.75) is 6.54 Å². The van der Waals surface area contributed by atoms with Gasteiger partial charge in [-0.3, -0.25) is 14.6 Å². The van der Waals surface area contributed by atoms with Gasteiger partial charge in [0.05, 0.1) is 12.8 Å². The van der Waals surface area contributed by atoms with E-state index in [9.17, 15) is 9.90 Å². The molecule has 3 rings (SSSR count). The normalized spacial score (nSPS) is 15.9. The average molecular weight is 387 g/mol. The molecule has 0 unspecified atom stereocenters. The third-order valence-corrected chi connectivity index (χ3v) is 4.85. The molecule has 0 aliphatic carbocycles. The molecule has 1 heterocycles. The van der Waals surface area contributed by atoms with E-state index >= 15 is 0 Å². The molecule has 0 atom stereocenters. The third kappa shape index (κ3) is 6.06. The van der Waals surface area contributed by atoms with Gasteiger partial charge in [0, 0.05) is 37.7 Å². The van der Waals surface area contributed by atoms with Gasteiger partial charge in [0.1, 0.15) is 5.75 Å². The van der Waals surface area contributed by atoms with Crippen LogP contribution < -0.4 is 5.43 Å². The molecule has 2 aromatic rings. The van der Waals surface area contributed by atoms with Crippen LogP contribution in [0.3, 0.4) is 0 Å². The van der Waals surface area contributed by atoms with Crippen LogP contribution in [-0.2, 0) is 11.3 Å². The molecule has 1 amide bonds. The molecule has 27 heavy (non-hydrogen) atoms. The highest BCUT2D eigenvalue weighted by Gasteiger charge is 2.19. The minimum Gasteiger partial charge on any atom is -0.508 e. The topological polar surface area (TPSA) is 68.2 Å². The summed E-state index contributed by atoms with van der Waals surface area (Å²) in [5.74, 6) is 0.0643. The summed E-state index contributed by atoms with van der Waals surface area (Å²) in [5, 5.41) is 14.0. The van der Waals surface area contributed by atoms with Gasteiger partial charge in [0.15, 0.2) is 0 Å². The Bertz CT molecular complexity index is 787. The number of phenols is 1. The maximum atomic E-state index is 12.0. The average Bonchev–Trinajstić information content (AvgIpc) is 2.67. The van der Waals surface area contributed by atoms with Gasteiger partial charge < -0.3 is 5.11 Å². The summed E-state index contributed by atoms with van der Waals surface area (Å²) in [5.41, 5.74) is 4.49. The zero-order valence-corrected chi connectivity index (χ0v) is 15.8. The smallest absolute Gasteiger partial charge is 0.254 e. The molecule has 0 aromatic heterocycles. The van der Waals surface area contributed by atoms with Gasteiger partial charge in [-0.15, -0.1) is 0 Å². The van der Waals surface area contributed by atoms with E-state index in [4.69, 9.17) is 11.6 Å². The Labute approximate surface area is 164 Å². The number of hydrogen-bond acceptors (Lipinski definition) is 5. The van der Waals surface area contributed by atoms with Crippen LogP contribution in [0.25, 0.3) is 0 Å². The second-order valence-electron chi connectivity index (χ2n) is 6.53. The number of aromatic hydroxyl groups is 1. The first-order chi connectivity index (χ1) is 13.1. The molecule has 1 saturated heterocycles. The second kappa shape index (κ2) is 9.50. The fourth-order valence-electron chi connectivity index (χ4n) is 2.95. The molecule has 2 N–H and O–H groups in total. The highest BCUT2D eigenvalue weighted by molar-refractivity contribution is 6.31. The molecule has 142 valence electrons. The molecule has 1 aliphatic heterocycles. The molecular weight excluding hydrogens is 364 g/mol. The summed E-state index contributed by atoms with van der Waals surface area (Å²) in [6, 6.07) is 14.5. The van der Waals surface area contributed by atoms with Crippen LogP contribution in [0.15, 0.2) is 53.6 Å². The Hall–Kier alpha value is -2.41. The van der Waals surface area contributed by atoms with Crippen LogP contribution in [0, 0.1) is 0 Å². The minimum atomic E-state index is -0.135. The van der Waals surface area contributed by atoms with Crippen LogP contribution in [0.5, 0.6) is 5.75 Å². The lowest BCUT2D eigenvalue weighted by Gasteiger charge is -2.34. The number of phenolic OH excluding ortho intramolecular Hbond substituents is 1. The lowest BCUT2D eigenvalue weighted by molar-refractivity contribution is -0.122. The van der Waals surface area contributed by atoms with Crippen molar-refractivity contribution in [3.05, 3.63) is 64.7 Å². The van der Waals surface area contributed by atoms with E-state index < -0.39 is 0 Å². The molecule has 7 heteroatoms. The molecule has 2 aromatic carbocycles. The summed E-state index contributed by atoms with van der Waals surface area (Å²) in [6.07, 6.45) is 1.55. The van der Waals surface area contributed by atoms with Gasteiger partial charge in [-0.2, -0.15) is 5.10 Å². The number of halogens is 1. The van der Waals surface area contributed by atoms with Gasteiger partial charge in [0.25, 0.3) is 5.91 Å². The zero-order chi connectivity index (χ0) is 19.1. The van der Waals surface area contributed by atoms with Gasteiger partial charge in [-0.05, 0) is 41.5 Å². The Kier molecular flexibility index (Phi) is 6.81. The fraction of sp³-hybridized carbons (Fsp3) is 0.300. The first kappa shape index (κ1) is 19.4. The highest BCUT2D eigenvalue weighted by Crippen LogP contribution is 2.17. The quantitative estimate of drug-likeness (QED) is 0.590. The maximum absolute atomic E-state index is 12.0. The molecule has 6 nitrogen and oxygen atoms in total. The number of nitrogens with zero attached hydrogens (tertiary/aromatic N) is 3. The van der Waals surface area contributed by atoms with E-state index in [1.54, 1.807) is 30.5 Å². The van der Waals surface area contributed by atoms with Crippen molar-refractivity contribution in [2.75, 3.05) is 32.7 Å². The number of amides is 1. The van der Waals surface area contributed by atoms with Crippen LogP contribution in [0.1, 0.15) is 11.1 Å². The molecule has 0 saturated carbocycles. The Morgan fingerprint density at radius 2 is 1.74 bits per heavy atom. The summed E-state index contributed by atoms with van der Waals surface area (Å²) >= 11 is 6.23. The number of rotatable bonds is 6. The number of piperazine rings is 1. The summed E-state index contributed by atoms with van der Waals surface area (Å²) in [7, 11) is 0. The van der Waals surface area contributed by atoms with Crippen LogP contribution in [-0.4, -0.2) is 59.8 Å². The number of nitrogens with one attached hydrogen (secondary N) is 1. The Morgan fingerprint density at radius 3 is 2.44 bits per heavy atom. The van der Waals surface area contributed by atoms with E-state index in [2.05, 4.69) is 20.3 Å². The van der Waals surface area contributed by atoms with Crippen molar-refractivity contribution < 1.29 is 9.90 Å². The van der Waals surface area contributed by atoms with E-state index in [1.807, 2.05) is 24.3 Å². The van der Waals surface area contributed by atoms with E-state index in [1.165, 1.54) is 0 Å². The summed E-state index contributed by atoms with van der Waals surface area (Å²) in [4.78, 5) is 16.5. The van der Waals surface area contributed by atoms with Crippen molar-refractivity contribution in [2.24, 2.45) is 5.10 Å². The number of benzene rings is 2. The van der Waals surface area contributed by atoms with E-state index in [0.717, 1.165) is 48.9 Å². The van der Waals surface area contributed by atoms with Crippen molar-refractivity contribution in [1.82, 2.24) is 15.2 Å². The Morgan fingerprint density at radius 1 is 1.07 bits per heavy atom. The van der Waals surface area contributed by atoms with Crippen LogP contribution in [0.2, 0.25) is 5.02 Å². The van der Waals surface area contributed by atoms with Gasteiger partial charge in [-0.1, -0.05) is 29.8 Å². The second-order valence-corrected chi connectivity index (χ2v) is 6.94. The predicted molar refractivity (Wildman–Crippen MR) is 107 cm³/mol. The molecular formula is C20H23ClN4O2. The fourth-order valence-corrected chi connectivity index (χ4v) is 3.15. The molecule has 1 aliphatic rings.